The quantitative estimate of drug-likeness (QED) is 0.588. The van der Waals surface area contributed by atoms with Crippen molar-refractivity contribution in [3.63, 3.8) is 0 Å². The molecule has 1 heterocycles. The Hall–Kier alpha value is -0.720. The van der Waals surface area contributed by atoms with Crippen molar-refractivity contribution >= 4 is 23.4 Å². The van der Waals surface area contributed by atoms with Gasteiger partial charge in [0.15, 0.2) is 0 Å². The summed E-state index contributed by atoms with van der Waals surface area (Å²) >= 11 is 7.13. The van der Waals surface area contributed by atoms with Crippen molar-refractivity contribution < 1.29 is 0 Å². The van der Waals surface area contributed by atoms with Crippen LogP contribution in [0, 0.1) is 25.2 Å². The molecule has 0 spiro atoms. The van der Waals surface area contributed by atoms with Crippen molar-refractivity contribution in [1.29, 1.82) is 5.26 Å². The smallest absolute Gasteiger partial charge is 0.114 e. The van der Waals surface area contributed by atoms with E-state index in [1.807, 2.05) is 19.9 Å². The van der Waals surface area contributed by atoms with Gasteiger partial charge in [0.05, 0.1) is 5.56 Å². The first-order valence-corrected chi connectivity index (χ1v) is 5.78. The van der Waals surface area contributed by atoms with Gasteiger partial charge < -0.3 is 0 Å². The third-order valence-corrected chi connectivity index (χ3v) is 3.13. The molecule has 0 aromatic carbocycles. The van der Waals surface area contributed by atoms with Crippen LogP contribution in [-0.4, -0.2) is 16.6 Å². The molecule has 0 N–H and O–H groups in total. The Morgan fingerprint density at radius 2 is 2.29 bits per heavy atom. The molecule has 74 valence electrons. The van der Waals surface area contributed by atoms with Gasteiger partial charge in [0.1, 0.15) is 11.1 Å². The van der Waals surface area contributed by atoms with Crippen LogP contribution in [0.3, 0.4) is 0 Å². The van der Waals surface area contributed by atoms with E-state index < -0.39 is 0 Å². The molecular weight excluding hydrogens is 216 g/mol. The zero-order chi connectivity index (χ0) is 10.6. The van der Waals surface area contributed by atoms with E-state index >= 15 is 0 Å². The number of hydrogen-bond donors (Lipinski definition) is 0. The van der Waals surface area contributed by atoms with Crippen LogP contribution in [0.15, 0.2) is 11.1 Å². The molecule has 0 aliphatic heterocycles. The van der Waals surface area contributed by atoms with E-state index in [9.17, 15) is 0 Å². The van der Waals surface area contributed by atoms with Crippen LogP contribution in [0.1, 0.15) is 16.8 Å². The van der Waals surface area contributed by atoms with E-state index in [1.165, 1.54) is 11.8 Å². The van der Waals surface area contributed by atoms with Gasteiger partial charge in [-0.15, -0.1) is 23.4 Å². The number of pyridine rings is 1. The van der Waals surface area contributed by atoms with Gasteiger partial charge in [-0.25, -0.2) is 4.98 Å². The fourth-order valence-corrected chi connectivity index (χ4v) is 2.24. The zero-order valence-corrected chi connectivity index (χ0v) is 9.74. The lowest BCUT2D eigenvalue weighted by molar-refractivity contribution is 1.03. The minimum Gasteiger partial charge on any atom is -0.245 e. The maximum Gasteiger partial charge on any atom is 0.114 e. The lowest BCUT2D eigenvalue weighted by Gasteiger charge is -2.05. The topological polar surface area (TPSA) is 36.7 Å². The van der Waals surface area contributed by atoms with E-state index in [-0.39, 0.29) is 0 Å². The summed E-state index contributed by atoms with van der Waals surface area (Å²) in [5.41, 5.74) is 2.60. The second-order valence-electron chi connectivity index (χ2n) is 2.91. The average molecular weight is 227 g/mol. The normalized spacial score (nSPS) is 9.86. The summed E-state index contributed by atoms with van der Waals surface area (Å²) in [7, 11) is 0. The lowest BCUT2D eigenvalue weighted by Crippen LogP contribution is -1.95. The second-order valence-corrected chi connectivity index (χ2v) is 4.37. The van der Waals surface area contributed by atoms with Crippen LogP contribution < -0.4 is 0 Å². The summed E-state index contributed by atoms with van der Waals surface area (Å²) in [5.74, 6) is 1.36. The average Bonchev–Trinajstić information content (AvgIpc) is 2.14. The third kappa shape index (κ3) is 2.63. The fourth-order valence-electron chi connectivity index (χ4n) is 1.18. The van der Waals surface area contributed by atoms with Gasteiger partial charge in [0.2, 0.25) is 0 Å². The Morgan fingerprint density at radius 1 is 1.57 bits per heavy atom. The van der Waals surface area contributed by atoms with E-state index in [0.29, 0.717) is 11.4 Å². The van der Waals surface area contributed by atoms with Crippen molar-refractivity contribution in [3.05, 3.63) is 22.9 Å². The lowest BCUT2D eigenvalue weighted by atomic mass is 10.1. The van der Waals surface area contributed by atoms with Crippen LogP contribution in [0.25, 0.3) is 0 Å². The van der Waals surface area contributed by atoms with Crippen LogP contribution in [-0.2, 0) is 0 Å². The summed E-state index contributed by atoms with van der Waals surface area (Å²) in [5, 5.41) is 9.75. The SMILES string of the molecule is Cc1cc(C)c(C#N)c(SCCCl)n1. The Morgan fingerprint density at radius 3 is 2.86 bits per heavy atom. The van der Waals surface area contributed by atoms with Crippen LogP contribution in [0.4, 0.5) is 0 Å². The fraction of sp³-hybridized carbons (Fsp3) is 0.400. The summed E-state index contributed by atoms with van der Waals surface area (Å²) in [4.78, 5) is 4.32. The largest absolute Gasteiger partial charge is 0.245 e. The number of aryl methyl sites for hydroxylation is 2. The number of nitrogens with zero attached hydrogens (tertiary/aromatic N) is 2. The van der Waals surface area contributed by atoms with Crippen molar-refractivity contribution in [2.45, 2.75) is 18.9 Å². The van der Waals surface area contributed by atoms with E-state index in [2.05, 4.69) is 11.1 Å². The third-order valence-electron chi connectivity index (χ3n) is 1.74. The molecule has 14 heavy (non-hydrogen) atoms. The highest BCUT2D eigenvalue weighted by atomic mass is 35.5. The van der Waals surface area contributed by atoms with Gasteiger partial charge in [-0.1, -0.05) is 0 Å². The molecule has 0 amide bonds. The van der Waals surface area contributed by atoms with Gasteiger partial charge in [0.25, 0.3) is 0 Å². The Labute approximate surface area is 93.3 Å². The predicted molar refractivity (Wildman–Crippen MR) is 59.9 cm³/mol. The zero-order valence-electron chi connectivity index (χ0n) is 8.17. The summed E-state index contributed by atoms with van der Waals surface area (Å²) < 4.78 is 0. The predicted octanol–water partition coefficient (Wildman–Crippen LogP) is 2.90. The van der Waals surface area contributed by atoms with Crippen LogP contribution in [0.5, 0.6) is 0 Å². The minimum atomic E-state index is 0.574. The molecule has 1 aromatic heterocycles. The number of hydrogen-bond acceptors (Lipinski definition) is 3. The Bertz CT molecular complexity index is 371. The van der Waals surface area contributed by atoms with Gasteiger partial charge >= 0.3 is 0 Å². The highest BCUT2D eigenvalue weighted by molar-refractivity contribution is 7.99. The molecule has 0 saturated heterocycles. The van der Waals surface area contributed by atoms with Gasteiger partial charge in [-0.3, -0.25) is 0 Å². The summed E-state index contributed by atoms with van der Waals surface area (Å²) in [6, 6.07) is 4.09. The van der Waals surface area contributed by atoms with Crippen molar-refractivity contribution in [2.24, 2.45) is 0 Å². The molecule has 0 atom stereocenters. The van der Waals surface area contributed by atoms with E-state index in [0.717, 1.165) is 22.0 Å². The van der Waals surface area contributed by atoms with Crippen molar-refractivity contribution in [1.82, 2.24) is 4.98 Å². The monoisotopic (exact) mass is 226 g/mol. The highest BCUT2D eigenvalue weighted by Crippen LogP contribution is 2.23. The van der Waals surface area contributed by atoms with Gasteiger partial charge in [0, 0.05) is 17.3 Å². The standard InChI is InChI=1S/C10H11ClN2S/c1-7-5-8(2)13-10(9(7)6-12)14-4-3-11/h5H,3-4H2,1-2H3. The van der Waals surface area contributed by atoms with E-state index in [4.69, 9.17) is 16.9 Å². The van der Waals surface area contributed by atoms with E-state index in [1.54, 1.807) is 0 Å². The first-order valence-electron chi connectivity index (χ1n) is 4.26. The molecule has 0 radical (unpaired) electrons. The van der Waals surface area contributed by atoms with Crippen LogP contribution in [0.2, 0.25) is 0 Å². The number of halogens is 1. The number of thioether (sulfide) groups is 1. The highest BCUT2D eigenvalue weighted by Gasteiger charge is 2.08. The maximum absolute atomic E-state index is 8.95. The van der Waals surface area contributed by atoms with Crippen molar-refractivity contribution in [3.8, 4) is 6.07 Å². The molecule has 0 aliphatic carbocycles. The Kier molecular flexibility index (Phi) is 4.24. The number of rotatable bonds is 3. The van der Waals surface area contributed by atoms with Crippen molar-refractivity contribution in [2.75, 3.05) is 11.6 Å². The van der Waals surface area contributed by atoms with Gasteiger partial charge in [-0.2, -0.15) is 5.26 Å². The molecular formula is C10H11ClN2S. The molecule has 4 heteroatoms. The van der Waals surface area contributed by atoms with Gasteiger partial charge in [-0.05, 0) is 25.5 Å². The molecule has 1 aromatic rings. The first kappa shape index (κ1) is 11.4. The summed E-state index contributed by atoms with van der Waals surface area (Å²) in [6.45, 7) is 3.86. The molecule has 0 bridgehead atoms. The van der Waals surface area contributed by atoms with Crippen LogP contribution >= 0.6 is 23.4 Å². The maximum atomic E-state index is 8.95. The first-order chi connectivity index (χ1) is 6.69. The molecule has 2 nitrogen and oxygen atoms in total. The molecule has 0 unspecified atom stereocenters. The molecule has 0 saturated carbocycles. The number of nitriles is 1. The molecule has 1 rings (SSSR count). The summed E-state index contributed by atoms with van der Waals surface area (Å²) in [6.07, 6.45) is 0. The number of aromatic nitrogens is 1. The Balaban J connectivity index is 3.07. The molecule has 0 fully saturated rings. The minimum absolute atomic E-state index is 0.574. The second kappa shape index (κ2) is 5.23. The number of alkyl halides is 1. The molecule has 0 aliphatic rings.